The summed E-state index contributed by atoms with van der Waals surface area (Å²) in [6, 6.07) is 1.91. The Morgan fingerprint density at radius 2 is 1.78 bits per heavy atom. The fraction of sp³-hybridized carbons (Fsp3) is 0.529. The fourth-order valence-electron chi connectivity index (χ4n) is 2.86. The molecule has 0 saturated carbocycles. The number of nitrogens with zero attached hydrogens (tertiary/aromatic N) is 3. The zero-order chi connectivity index (χ0) is 17.1. The maximum absolute atomic E-state index is 11.9. The third-order valence-corrected chi connectivity index (χ3v) is 4.09. The summed E-state index contributed by atoms with van der Waals surface area (Å²) in [5, 5.41) is 0. The minimum Gasteiger partial charge on any atom is -0.382 e. The van der Waals surface area contributed by atoms with Gasteiger partial charge in [-0.2, -0.15) is 0 Å². The molecule has 2 rings (SSSR count). The summed E-state index contributed by atoms with van der Waals surface area (Å²) in [5.74, 6) is 0.831. The van der Waals surface area contributed by atoms with Crippen LogP contribution < -0.4 is 5.56 Å². The van der Waals surface area contributed by atoms with Gasteiger partial charge in [0.05, 0.1) is 24.9 Å². The van der Waals surface area contributed by atoms with Gasteiger partial charge in [0.25, 0.3) is 5.56 Å². The van der Waals surface area contributed by atoms with Gasteiger partial charge in [0.15, 0.2) is 0 Å². The Labute approximate surface area is 136 Å². The standard InChI is InChI=1S/C17H25N3O3/c1-11-7-14(8-19(4)17(11)21)16-18-12(2)13(3)20(16)15(9-22-5)10-23-6/h7-8,15H,9-10H2,1-6H3. The van der Waals surface area contributed by atoms with Gasteiger partial charge < -0.3 is 18.6 Å². The molecule has 2 aromatic heterocycles. The predicted molar refractivity (Wildman–Crippen MR) is 89.9 cm³/mol. The van der Waals surface area contributed by atoms with E-state index in [-0.39, 0.29) is 11.6 Å². The van der Waals surface area contributed by atoms with Crippen LogP contribution in [0.1, 0.15) is 23.0 Å². The van der Waals surface area contributed by atoms with Crippen molar-refractivity contribution in [1.29, 1.82) is 0 Å². The lowest BCUT2D eigenvalue weighted by Crippen LogP contribution is -2.23. The molecular weight excluding hydrogens is 294 g/mol. The van der Waals surface area contributed by atoms with Crippen molar-refractivity contribution >= 4 is 0 Å². The summed E-state index contributed by atoms with van der Waals surface area (Å²) >= 11 is 0. The Bertz CT molecular complexity index is 714. The first-order valence-corrected chi connectivity index (χ1v) is 7.61. The quantitative estimate of drug-likeness (QED) is 0.817. The van der Waals surface area contributed by atoms with Crippen molar-refractivity contribution in [2.24, 2.45) is 7.05 Å². The van der Waals surface area contributed by atoms with Crippen molar-refractivity contribution in [1.82, 2.24) is 14.1 Å². The van der Waals surface area contributed by atoms with E-state index in [0.717, 1.165) is 22.8 Å². The largest absolute Gasteiger partial charge is 0.382 e. The van der Waals surface area contributed by atoms with Crippen LogP contribution in [0.2, 0.25) is 0 Å². The lowest BCUT2D eigenvalue weighted by molar-refractivity contribution is 0.0893. The number of imidazole rings is 1. The van der Waals surface area contributed by atoms with Crippen molar-refractivity contribution < 1.29 is 9.47 Å². The molecule has 23 heavy (non-hydrogen) atoms. The van der Waals surface area contributed by atoms with Crippen molar-refractivity contribution in [2.75, 3.05) is 27.4 Å². The van der Waals surface area contributed by atoms with Gasteiger partial charge in [0.2, 0.25) is 0 Å². The molecule has 0 bridgehead atoms. The van der Waals surface area contributed by atoms with Crippen LogP contribution in [0.5, 0.6) is 0 Å². The van der Waals surface area contributed by atoms with Crippen LogP contribution in [0.4, 0.5) is 0 Å². The van der Waals surface area contributed by atoms with Gasteiger partial charge in [-0.25, -0.2) is 4.98 Å². The molecule has 0 amide bonds. The van der Waals surface area contributed by atoms with Gasteiger partial charge in [-0.3, -0.25) is 4.79 Å². The second-order valence-corrected chi connectivity index (χ2v) is 5.87. The molecule has 0 atom stereocenters. The minimum absolute atomic E-state index is 0.00522. The van der Waals surface area contributed by atoms with Crippen molar-refractivity contribution in [3.63, 3.8) is 0 Å². The van der Waals surface area contributed by atoms with E-state index in [4.69, 9.17) is 14.5 Å². The third kappa shape index (κ3) is 3.38. The highest BCUT2D eigenvalue weighted by atomic mass is 16.5. The van der Waals surface area contributed by atoms with Crippen molar-refractivity contribution in [2.45, 2.75) is 26.8 Å². The molecule has 0 aliphatic carbocycles. The molecule has 0 spiro atoms. The van der Waals surface area contributed by atoms with E-state index in [1.54, 1.807) is 25.8 Å². The van der Waals surface area contributed by atoms with E-state index in [1.807, 2.05) is 33.0 Å². The molecular formula is C17H25N3O3. The Kier molecular flexibility index (Phi) is 5.38. The highest BCUT2D eigenvalue weighted by molar-refractivity contribution is 5.57. The molecule has 0 aromatic carbocycles. The first-order chi connectivity index (χ1) is 10.9. The number of ether oxygens (including phenoxy) is 2. The molecule has 6 heteroatoms. The third-order valence-electron chi connectivity index (χ3n) is 4.09. The van der Waals surface area contributed by atoms with E-state index in [9.17, 15) is 4.79 Å². The first-order valence-electron chi connectivity index (χ1n) is 7.61. The van der Waals surface area contributed by atoms with Crippen molar-refractivity contribution in [3.8, 4) is 11.4 Å². The summed E-state index contributed by atoms with van der Waals surface area (Å²) in [4.78, 5) is 16.7. The number of methoxy groups -OCH3 is 2. The first kappa shape index (κ1) is 17.4. The highest BCUT2D eigenvalue weighted by Crippen LogP contribution is 2.26. The Morgan fingerprint density at radius 3 is 2.30 bits per heavy atom. The molecule has 0 saturated heterocycles. The average Bonchev–Trinajstić information content (AvgIpc) is 2.80. The number of aromatic nitrogens is 3. The van der Waals surface area contributed by atoms with E-state index < -0.39 is 0 Å². The van der Waals surface area contributed by atoms with E-state index >= 15 is 0 Å². The van der Waals surface area contributed by atoms with Crippen LogP contribution in [0.15, 0.2) is 17.1 Å². The average molecular weight is 319 g/mol. The van der Waals surface area contributed by atoms with Gasteiger partial charge in [-0.05, 0) is 26.8 Å². The number of aryl methyl sites for hydroxylation is 3. The van der Waals surface area contributed by atoms with Crippen LogP contribution in [-0.4, -0.2) is 41.6 Å². The topological polar surface area (TPSA) is 58.3 Å². The molecule has 0 radical (unpaired) electrons. The number of pyridine rings is 1. The summed E-state index contributed by atoms with van der Waals surface area (Å²) in [6.07, 6.45) is 1.82. The molecule has 126 valence electrons. The van der Waals surface area contributed by atoms with Crippen LogP contribution in [0.3, 0.4) is 0 Å². The smallest absolute Gasteiger partial charge is 0.253 e. The van der Waals surface area contributed by atoms with Gasteiger partial charge in [-0.1, -0.05) is 0 Å². The molecule has 0 aliphatic rings. The summed E-state index contributed by atoms with van der Waals surface area (Å²) in [6.45, 7) is 6.91. The van der Waals surface area contributed by atoms with Crippen LogP contribution in [0, 0.1) is 20.8 Å². The second kappa shape index (κ2) is 7.10. The Morgan fingerprint density at radius 1 is 1.17 bits per heavy atom. The lowest BCUT2D eigenvalue weighted by atomic mass is 10.2. The van der Waals surface area contributed by atoms with E-state index in [2.05, 4.69) is 4.57 Å². The Hall–Kier alpha value is -1.92. The molecule has 0 fully saturated rings. The molecule has 0 N–H and O–H groups in total. The molecule has 2 heterocycles. The monoisotopic (exact) mass is 319 g/mol. The minimum atomic E-state index is 0.00522. The zero-order valence-corrected chi connectivity index (χ0v) is 14.7. The molecule has 0 aliphatic heterocycles. The van der Waals surface area contributed by atoms with Crippen molar-refractivity contribution in [3.05, 3.63) is 39.6 Å². The Balaban J connectivity index is 2.63. The van der Waals surface area contributed by atoms with E-state index in [0.29, 0.717) is 18.8 Å². The van der Waals surface area contributed by atoms with Gasteiger partial charge >= 0.3 is 0 Å². The molecule has 0 unspecified atom stereocenters. The van der Waals surface area contributed by atoms with Gasteiger partial charge in [0, 0.05) is 44.3 Å². The maximum Gasteiger partial charge on any atom is 0.253 e. The number of rotatable bonds is 6. The van der Waals surface area contributed by atoms with Gasteiger partial charge in [0.1, 0.15) is 5.82 Å². The van der Waals surface area contributed by atoms with Crippen LogP contribution in [-0.2, 0) is 16.5 Å². The molecule has 6 nitrogen and oxygen atoms in total. The van der Waals surface area contributed by atoms with Crippen LogP contribution in [0.25, 0.3) is 11.4 Å². The zero-order valence-electron chi connectivity index (χ0n) is 14.7. The summed E-state index contributed by atoms with van der Waals surface area (Å²) < 4.78 is 14.4. The summed E-state index contributed by atoms with van der Waals surface area (Å²) in [5.41, 5.74) is 3.66. The van der Waals surface area contributed by atoms with Crippen LogP contribution >= 0.6 is 0 Å². The SMILES string of the molecule is COCC(COC)n1c(-c2cc(C)c(=O)n(C)c2)nc(C)c1C. The number of hydrogen-bond donors (Lipinski definition) is 0. The van der Waals surface area contributed by atoms with E-state index in [1.165, 1.54) is 0 Å². The molecule has 2 aromatic rings. The number of hydrogen-bond acceptors (Lipinski definition) is 4. The lowest BCUT2D eigenvalue weighted by Gasteiger charge is -2.21. The highest BCUT2D eigenvalue weighted by Gasteiger charge is 2.21. The second-order valence-electron chi connectivity index (χ2n) is 5.87. The van der Waals surface area contributed by atoms with Gasteiger partial charge in [-0.15, -0.1) is 0 Å². The summed E-state index contributed by atoms with van der Waals surface area (Å²) in [7, 11) is 5.11. The normalized spacial score (nSPS) is 11.4. The predicted octanol–water partition coefficient (Wildman–Crippen LogP) is 2.01. The fourth-order valence-corrected chi connectivity index (χ4v) is 2.86. The maximum atomic E-state index is 11.9.